The summed E-state index contributed by atoms with van der Waals surface area (Å²) in [4.78, 5) is 27.9. The molecule has 1 aromatic rings. The van der Waals surface area contributed by atoms with E-state index in [1.54, 1.807) is 24.1 Å². The lowest BCUT2D eigenvalue weighted by molar-refractivity contribution is -0.139. The molecular formula is C24H37ClN2O4. The first-order chi connectivity index (χ1) is 15.0. The Balaban J connectivity index is 2.40. The molecule has 1 aliphatic carbocycles. The quantitative estimate of drug-likeness (QED) is 0.385. The molecule has 2 rings (SSSR count). The van der Waals surface area contributed by atoms with Gasteiger partial charge in [0.15, 0.2) is 11.5 Å². The van der Waals surface area contributed by atoms with Gasteiger partial charge in [-0.1, -0.05) is 45.1 Å². The lowest BCUT2D eigenvalue weighted by Crippen LogP contribution is -2.47. The predicted octanol–water partition coefficient (Wildman–Crippen LogP) is 4.84. The summed E-state index contributed by atoms with van der Waals surface area (Å²) >= 11 is 5.93. The number of carbonyl (C=O) groups excluding carboxylic acids is 2. The molecule has 31 heavy (non-hydrogen) atoms. The monoisotopic (exact) mass is 452 g/mol. The van der Waals surface area contributed by atoms with Crippen LogP contribution in [0.1, 0.15) is 76.8 Å². The average Bonchev–Trinajstić information content (AvgIpc) is 3.05. The number of alkyl halides is 1. The fraction of sp³-hybridized carbons (Fsp3) is 0.667. The van der Waals surface area contributed by atoms with Gasteiger partial charge in [0.2, 0.25) is 11.8 Å². The van der Waals surface area contributed by atoms with E-state index in [4.69, 9.17) is 21.1 Å². The van der Waals surface area contributed by atoms with E-state index in [1.165, 1.54) is 12.8 Å². The zero-order valence-electron chi connectivity index (χ0n) is 19.1. The Morgan fingerprint density at radius 3 is 2.45 bits per heavy atom. The van der Waals surface area contributed by atoms with Crippen molar-refractivity contribution in [1.82, 2.24) is 10.2 Å². The largest absolute Gasteiger partial charge is 0.493 e. The first-order valence-corrected chi connectivity index (χ1v) is 12.1. The van der Waals surface area contributed by atoms with E-state index in [-0.39, 0.29) is 23.7 Å². The van der Waals surface area contributed by atoms with E-state index in [2.05, 4.69) is 12.2 Å². The van der Waals surface area contributed by atoms with Crippen molar-refractivity contribution in [2.75, 3.05) is 26.1 Å². The maximum Gasteiger partial charge on any atom is 0.247 e. The number of hydrogen-bond donors (Lipinski definition) is 1. The van der Waals surface area contributed by atoms with E-state index >= 15 is 0 Å². The van der Waals surface area contributed by atoms with Crippen LogP contribution in [0.3, 0.4) is 0 Å². The topological polar surface area (TPSA) is 67.9 Å². The number of nitrogens with zero attached hydrogens (tertiary/aromatic N) is 1. The Labute approximate surface area is 191 Å². The molecule has 1 aliphatic rings. The van der Waals surface area contributed by atoms with Crippen LogP contribution >= 0.6 is 11.6 Å². The fourth-order valence-electron chi connectivity index (χ4n) is 4.11. The highest BCUT2D eigenvalue weighted by Gasteiger charge is 2.32. The second-order valence-electron chi connectivity index (χ2n) is 8.02. The summed E-state index contributed by atoms with van der Waals surface area (Å²) in [7, 11) is 1.57. The van der Waals surface area contributed by atoms with Crippen LogP contribution in [-0.2, 0) is 9.59 Å². The second kappa shape index (κ2) is 13.5. The van der Waals surface area contributed by atoms with Crippen molar-refractivity contribution in [3.63, 3.8) is 0 Å². The van der Waals surface area contributed by atoms with Crippen LogP contribution in [0.2, 0.25) is 0 Å². The minimum atomic E-state index is -0.759. The summed E-state index contributed by atoms with van der Waals surface area (Å²) in [5, 5.41) is 3.22. The average molecular weight is 453 g/mol. The van der Waals surface area contributed by atoms with Crippen LogP contribution in [0.5, 0.6) is 11.5 Å². The molecule has 0 saturated heterocycles. The van der Waals surface area contributed by atoms with Crippen molar-refractivity contribution in [2.24, 2.45) is 0 Å². The first-order valence-electron chi connectivity index (χ1n) is 11.5. The highest BCUT2D eigenvalue weighted by Crippen LogP contribution is 2.33. The van der Waals surface area contributed by atoms with E-state index in [0.29, 0.717) is 30.2 Å². The normalized spacial score (nSPS) is 15.6. The number of hydrogen-bond acceptors (Lipinski definition) is 4. The third-order valence-electron chi connectivity index (χ3n) is 5.75. The van der Waals surface area contributed by atoms with Gasteiger partial charge in [-0.25, -0.2) is 0 Å². The molecule has 7 heteroatoms. The zero-order chi connectivity index (χ0) is 22.6. The fourth-order valence-corrected chi connectivity index (χ4v) is 4.26. The SMILES string of the molecule is CCCCN(C(=O)CCl)[C@H](C(=O)NC1CCCCCC1)c1ccc(OCC)c(OC)c1. The summed E-state index contributed by atoms with van der Waals surface area (Å²) in [5.74, 6) is 0.586. The number of unbranched alkanes of at least 4 members (excludes halogenated alkanes) is 1. The van der Waals surface area contributed by atoms with Gasteiger partial charge in [0.25, 0.3) is 0 Å². The van der Waals surface area contributed by atoms with E-state index in [1.807, 2.05) is 13.0 Å². The summed E-state index contributed by atoms with van der Waals surface area (Å²) in [6.45, 7) is 4.95. The van der Waals surface area contributed by atoms with Gasteiger partial charge >= 0.3 is 0 Å². The summed E-state index contributed by atoms with van der Waals surface area (Å²) in [6.07, 6.45) is 8.31. The number of nitrogens with one attached hydrogen (secondary N) is 1. The molecule has 1 aromatic carbocycles. The van der Waals surface area contributed by atoms with Gasteiger partial charge in [0.1, 0.15) is 11.9 Å². The van der Waals surface area contributed by atoms with Crippen LogP contribution in [0.25, 0.3) is 0 Å². The molecule has 6 nitrogen and oxygen atoms in total. The highest BCUT2D eigenvalue weighted by molar-refractivity contribution is 6.27. The van der Waals surface area contributed by atoms with Crippen molar-refractivity contribution in [1.29, 1.82) is 0 Å². The third-order valence-corrected chi connectivity index (χ3v) is 5.98. The van der Waals surface area contributed by atoms with Gasteiger partial charge in [0, 0.05) is 12.6 Å². The lowest BCUT2D eigenvalue weighted by Gasteiger charge is -2.32. The standard InChI is InChI=1S/C24H37ClN2O4/c1-4-6-15-27(22(28)17-25)23(24(29)26-19-11-9-7-8-10-12-19)18-13-14-20(31-5-2)21(16-18)30-3/h13-14,16,19,23H,4-12,15,17H2,1-3H3,(H,26,29)/t23-/m0/s1. The molecule has 1 N–H and O–H groups in total. The number of halogens is 1. The Kier molecular flexibility index (Phi) is 11.0. The first kappa shape index (κ1) is 25.3. The van der Waals surface area contributed by atoms with Crippen LogP contribution in [-0.4, -0.2) is 48.9 Å². The molecule has 1 atom stereocenters. The van der Waals surface area contributed by atoms with E-state index in [9.17, 15) is 9.59 Å². The molecule has 0 heterocycles. The maximum absolute atomic E-state index is 13.5. The molecule has 0 spiro atoms. The number of carbonyl (C=O) groups is 2. The van der Waals surface area contributed by atoms with Crippen LogP contribution in [0.15, 0.2) is 18.2 Å². The van der Waals surface area contributed by atoms with Crippen LogP contribution in [0.4, 0.5) is 0 Å². The number of ether oxygens (including phenoxy) is 2. The number of methoxy groups -OCH3 is 1. The van der Waals surface area contributed by atoms with Crippen LogP contribution < -0.4 is 14.8 Å². The van der Waals surface area contributed by atoms with Crippen molar-refractivity contribution in [3.8, 4) is 11.5 Å². The maximum atomic E-state index is 13.5. The molecule has 0 bridgehead atoms. The highest BCUT2D eigenvalue weighted by atomic mass is 35.5. The molecular weight excluding hydrogens is 416 g/mol. The second-order valence-corrected chi connectivity index (χ2v) is 8.28. The zero-order valence-corrected chi connectivity index (χ0v) is 19.9. The molecule has 0 unspecified atom stereocenters. The van der Waals surface area contributed by atoms with E-state index in [0.717, 1.165) is 38.5 Å². The molecule has 1 saturated carbocycles. The Bertz CT molecular complexity index is 705. The summed E-state index contributed by atoms with van der Waals surface area (Å²) in [5.41, 5.74) is 0.695. The van der Waals surface area contributed by atoms with Crippen molar-refractivity contribution < 1.29 is 19.1 Å². The van der Waals surface area contributed by atoms with Gasteiger partial charge in [-0.05, 0) is 43.9 Å². The lowest BCUT2D eigenvalue weighted by atomic mass is 10.0. The molecule has 0 aliphatic heterocycles. The molecule has 1 fully saturated rings. The van der Waals surface area contributed by atoms with Gasteiger partial charge in [-0.2, -0.15) is 0 Å². The number of benzene rings is 1. The van der Waals surface area contributed by atoms with Crippen molar-refractivity contribution in [2.45, 2.75) is 77.3 Å². The Hall–Kier alpha value is -1.95. The van der Waals surface area contributed by atoms with Crippen LogP contribution in [0, 0.1) is 0 Å². The van der Waals surface area contributed by atoms with E-state index < -0.39 is 6.04 Å². The smallest absolute Gasteiger partial charge is 0.247 e. The molecule has 174 valence electrons. The Morgan fingerprint density at radius 1 is 1.16 bits per heavy atom. The van der Waals surface area contributed by atoms with Gasteiger partial charge in [-0.15, -0.1) is 11.6 Å². The molecule has 0 aromatic heterocycles. The van der Waals surface area contributed by atoms with Crippen molar-refractivity contribution in [3.05, 3.63) is 23.8 Å². The minimum Gasteiger partial charge on any atom is -0.493 e. The van der Waals surface area contributed by atoms with Crippen molar-refractivity contribution >= 4 is 23.4 Å². The third kappa shape index (κ3) is 7.30. The number of amides is 2. The molecule has 2 amide bonds. The number of rotatable bonds is 11. The minimum absolute atomic E-state index is 0.140. The van der Waals surface area contributed by atoms with Gasteiger partial charge in [0.05, 0.1) is 13.7 Å². The Morgan fingerprint density at radius 2 is 1.87 bits per heavy atom. The predicted molar refractivity (Wildman–Crippen MR) is 124 cm³/mol. The summed E-state index contributed by atoms with van der Waals surface area (Å²) < 4.78 is 11.1. The summed E-state index contributed by atoms with van der Waals surface area (Å²) in [6, 6.07) is 4.81. The van der Waals surface area contributed by atoms with Gasteiger partial charge in [-0.3, -0.25) is 9.59 Å². The molecule has 0 radical (unpaired) electrons. The van der Waals surface area contributed by atoms with Gasteiger partial charge < -0.3 is 19.7 Å².